The summed E-state index contributed by atoms with van der Waals surface area (Å²) >= 11 is 0. The fourth-order valence-corrected chi connectivity index (χ4v) is 1.23. The summed E-state index contributed by atoms with van der Waals surface area (Å²) in [6.07, 6.45) is 4.52. The van der Waals surface area contributed by atoms with Crippen LogP contribution in [0.15, 0.2) is 18.2 Å². The van der Waals surface area contributed by atoms with Crippen molar-refractivity contribution in [1.29, 1.82) is 0 Å². The summed E-state index contributed by atoms with van der Waals surface area (Å²) in [5.74, 6) is 0. The van der Waals surface area contributed by atoms with E-state index in [-0.39, 0.29) is 6.61 Å². The van der Waals surface area contributed by atoms with Crippen LogP contribution in [0.1, 0.15) is 17.5 Å². The van der Waals surface area contributed by atoms with Gasteiger partial charge in [-0.15, -0.1) is 0 Å². The lowest BCUT2D eigenvalue weighted by atomic mass is 10.1. The molecule has 0 amide bonds. The first-order valence-corrected chi connectivity index (χ1v) is 4.58. The molecule has 0 saturated carbocycles. The maximum atomic E-state index is 8.62. The molecule has 0 saturated heterocycles. The standard InChI is InChI=1S/C11H16N2O/c1-8-6-10(12)11(13)7-9(8)4-2-3-5-14/h2,4,6-7,14H,3,5,12-13H2,1H3. The highest BCUT2D eigenvalue weighted by molar-refractivity contribution is 5.70. The molecule has 3 nitrogen and oxygen atoms in total. The number of hydrogen-bond acceptors (Lipinski definition) is 3. The minimum absolute atomic E-state index is 0.167. The van der Waals surface area contributed by atoms with E-state index in [1.807, 2.05) is 31.2 Å². The number of nitrogen functional groups attached to an aromatic ring is 2. The van der Waals surface area contributed by atoms with Crippen molar-refractivity contribution < 1.29 is 5.11 Å². The Hall–Kier alpha value is -1.48. The van der Waals surface area contributed by atoms with E-state index in [1.54, 1.807) is 0 Å². The number of aliphatic hydroxyl groups excluding tert-OH is 1. The summed E-state index contributed by atoms with van der Waals surface area (Å²) < 4.78 is 0. The number of nitrogens with two attached hydrogens (primary N) is 2. The van der Waals surface area contributed by atoms with E-state index in [0.29, 0.717) is 17.8 Å². The summed E-state index contributed by atoms with van der Waals surface area (Å²) in [6.45, 7) is 2.15. The van der Waals surface area contributed by atoms with Crippen molar-refractivity contribution in [2.45, 2.75) is 13.3 Å². The Labute approximate surface area is 84.0 Å². The molecule has 76 valence electrons. The quantitative estimate of drug-likeness (QED) is 0.636. The van der Waals surface area contributed by atoms with E-state index in [1.165, 1.54) is 0 Å². The lowest BCUT2D eigenvalue weighted by Gasteiger charge is -2.05. The third-order valence-corrected chi connectivity index (χ3v) is 2.06. The molecule has 0 fully saturated rings. The smallest absolute Gasteiger partial charge is 0.0553 e. The van der Waals surface area contributed by atoms with Gasteiger partial charge in [0.1, 0.15) is 0 Å². The molecule has 0 bridgehead atoms. The van der Waals surface area contributed by atoms with Gasteiger partial charge in [0, 0.05) is 6.61 Å². The van der Waals surface area contributed by atoms with E-state index in [0.717, 1.165) is 11.1 Å². The number of rotatable bonds is 3. The van der Waals surface area contributed by atoms with Gasteiger partial charge in [-0.1, -0.05) is 12.2 Å². The van der Waals surface area contributed by atoms with Crippen LogP contribution in [0.4, 0.5) is 11.4 Å². The maximum absolute atomic E-state index is 8.62. The first kappa shape index (κ1) is 10.6. The zero-order valence-corrected chi connectivity index (χ0v) is 8.33. The summed E-state index contributed by atoms with van der Waals surface area (Å²) in [5, 5.41) is 8.62. The molecule has 14 heavy (non-hydrogen) atoms. The molecule has 0 aliphatic rings. The van der Waals surface area contributed by atoms with Crippen molar-refractivity contribution in [3.05, 3.63) is 29.3 Å². The zero-order chi connectivity index (χ0) is 10.6. The highest BCUT2D eigenvalue weighted by atomic mass is 16.2. The Bertz CT molecular complexity index is 345. The monoisotopic (exact) mass is 192 g/mol. The molecule has 5 N–H and O–H groups in total. The molecule has 0 spiro atoms. The molecule has 0 aliphatic heterocycles. The van der Waals surface area contributed by atoms with Crippen LogP contribution in [0.5, 0.6) is 0 Å². The second-order valence-corrected chi connectivity index (χ2v) is 3.25. The Morgan fingerprint density at radius 2 is 1.93 bits per heavy atom. The van der Waals surface area contributed by atoms with Crippen LogP contribution in [0.3, 0.4) is 0 Å². The van der Waals surface area contributed by atoms with Gasteiger partial charge in [0.25, 0.3) is 0 Å². The van der Waals surface area contributed by atoms with Gasteiger partial charge < -0.3 is 16.6 Å². The molecular formula is C11H16N2O. The largest absolute Gasteiger partial charge is 0.397 e. The van der Waals surface area contributed by atoms with Gasteiger partial charge in [0.15, 0.2) is 0 Å². The summed E-state index contributed by atoms with van der Waals surface area (Å²) in [5.41, 5.74) is 14.7. The fraction of sp³-hybridized carbons (Fsp3) is 0.273. The molecule has 0 aromatic heterocycles. The Kier molecular flexibility index (Phi) is 3.54. The van der Waals surface area contributed by atoms with Crippen molar-refractivity contribution in [3.8, 4) is 0 Å². The van der Waals surface area contributed by atoms with E-state index < -0.39 is 0 Å². The summed E-state index contributed by atoms with van der Waals surface area (Å²) in [6, 6.07) is 3.70. The van der Waals surface area contributed by atoms with Crippen molar-refractivity contribution in [2.75, 3.05) is 18.1 Å². The number of hydrogen-bond donors (Lipinski definition) is 3. The number of benzene rings is 1. The van der Waals surface area contributed by atoms with Gasteiger partial charge in [0.05, 0.1) is 11.4 Å². The predicted octanol–water partition coefficient (Wildman–Crippen LogP) is 1.56. The van der Waals surface area contributed by atoms with Crippen molar-refractivity contribution in [1.82, 2.24) is 0 Å². The highest BCUT2D eigenvalue weighted by Crippen LogP contribution is 2.21. The van der Waals surface area contributed by atoms with Gasteiger partial charge in [-0.2, -0.15) is 0 Å². The lowest BCUT2D eigenvalue weighted by molar-refractivity contribution is 0.303. The molecule has 3 heteroatoms. The third-order valence-electron chi connectivity index (χ3n) is 2.06. The maximum Gasteiger partial charge on any atom is 0.0553 e. The van der Waals surface area contributed by atoms with Gasteiger partial charge in [-0.05, 0) is 36.6 Å². The number of anilines is 2. The van der Waals surface area contributed by atoms with Gasteiger partial charge in [-0.25, -0.2) is 0 Å². The average molecular weight is 192 g/mol. The number of aliphatic hydroxyl groups is 1. The highest BCUT2D eigenvalue weighted by Gasteiger charge is 1.99. The Morgan fingerprint density at radius 1 is 1.29 bits per heavy atom. The van der Waals surface area contributed by atoms with Gasteiger partial charge in [-0.3, -0.25) is 0 Å². The molecule has 0 heterocycles. The van der Waals surface area contributed by atoms with Crippen molar-refractivity contribution in [2.24, 2.45) is 0 Å². The fourth-order valence-electron chi connectivity index (χ4n) is 1.23. The van der Waals surface area contributed by atoms with Crippen molar-refractivity contribution in [3.63, 3.8) is 0 Å². The SMILES string of the molecule is Cc1cc(N)c(N)cc1C=CCCO. The Morgan fingerprint density at radius 3 is 2.57 bits per heavy atom. The van der Waals surface area contributed by atoms with Crippen molar-refractivity contribution >= 4 is 17.5 Å². The second kappa shape index (κ2) is 4.67. The molecule has 0 radical (unpaired) electrons. The summed E-state index contributed by atoms with van der Waals surface area (Å²) in [4.78, 5) is 0. The lowest BCUT2D eigenvalue weighted by Crippen LogP contribution is -1.96. The second-order valence-electron chi connectivity index (χ2n) is 3.25. The molecule has 0 atom stereocenters. The predicted molar refractivity (Wildman–Crippen MR) is 60.7 cm³/mol. The van der Waals surface area contributed by atoms with Gasteiger partial charge >= 0.3 is 0 Å². The topological polar surface area (TPSA) is 72.3 Å². The van der Waals surface area contributed by atoms with Crippen LogP contribution < -0.4 is 11.5 Å². The molecule has 1 rings (SSSR count). The first-order valence-electron chi connectivity index (χ1n) is 4.58. The molecule has 1 aromatic carbocycles. The third kappa shape index (κ3) is 2.50. The van der Waals surface area contributed by atoms with E-state index in [2.05, 4.69) is 0 Å². The van der Waals surface area contributed by atoms with E-state index in [4.69, 9.17) is 16.6 Å². The Balaban J connectivity index is 2.92. The number of aryl methyl sites for hydroxylation is 1. The van der Waals surface area contributed by atoms with Crippen LogP contribution >= 0.6 is 0 Å². The average Bonchev–Trinajstić information content (AvgIpc) is 2.14. The zero-order valence-electron chi connectivity index (χ0n) is 8.33. The first-order chi connectivity index (χ1) is 6.65. The van der Waals surface area contributed by atoms with E-state index in [9.17, 15) is 0 Å². The van der Waals surface area contributed by atoms with Gasteiger partial charge in [0.2, 0.25) is 0 Å². The molecular weight excluding hydrogens is 176 g/mol. The molecule has 0 aliphatic carbocycles. The molecule has 1 aromatic rings. The van der Waals surface area contributed by atoms with Crippen LogP contribution in [0.2, 0.25) is 0 Å². The van der Waals surface area contributed by atoms with Crippen LogP contribution in [-0.4, -0.2) is 11.7 Å². The normalized spacial score (nSPS) is 11.0. The van der Waals surface area contributed by atoms with E-state index >= 15 is 0 Å². The summed E-state index contributed by atoms with van der Waals surface area (Å²) in [7, 11) is 0. The molecule has 0 unspecified atom stereocenters. The van der Waals surface area contributed by atoms with Crippen LogP contribution in [0.25, 0.3) is 6.08 Å². The van der Waals surface area contributed by atoms with Crippen LogP contribution in [-0.2, 0) is 0 Å². The minimum Gasteiger partial charge on any atom is -0.397 e. The van der Waals surface area contributed by atoms with Crippen LogP contribution in [0, 0.1) is 6.92 Å². The minimum atomic E-state index is 0.167.